The maximum atomic E-state index is 6.41. The second-order valence-corrected chi connectivity index (χ2v) is 10.3. The van der Waals surface area contributed by atoms with E-state index in [1.807, 2.05) is 36.4 Å². The Morgan fingerprint density at radius 2 is 1.33 bits per heavy atom. The van der Waals surface area contributed by atoms with E-state index in [2.05, 4.69) is 25.1 Å². The van der Waals surface area contributed by atoms with Gasteiger partial charge in [-0.05, 0) is 49.4 Å². The van der Waals surface area contributed by atoms with Crippen molar-refractivity contribution in [2.24, 2.45) is 0 Å². The molecule has 1 fully saturated rings. The summed E-state index contributed by atoms with van der Waals surface area (Å²) in [5.41, 5.74) is 1.26. The van der Waals surface area contributed by atoms with Crippen molar-refractivity contribution >= 4 is 8.60 Å². The van der Waals surface area contributed by atoms with Crippen molar-refractivity contribution < 1.29 is 13.6 Å². The summed E-state index contributed by atoms with van der Waals surface area (Å²) in [6.07, 6.45) is 19.3. The SMILES string of the molecule is CCCCCCCCCCCc1ccccc1OP(Oc1ccccc1)OC1CCCCC1. The summed E-state index contributed by atoms with van der Waals surface area (Å²) in [4.78, 5) is 0. The molecule has 3 nitrogen and oxygen atoms in total. The van der Waals surface area contributed by atoms with Gasteiger partial charge in [0.2, 0.25) is 0 Å². The lowest BCUT2D eigenvalue weighted by Crippen LogP contribution is -2.16. The lowest BCUT2D eigenvalue weighted by atomic mass is 9.98. The van der Waals surface area contributed by atoms with Crippen LogP contribution in [-0.2, 0) is 10.9 Å². The van der Waals surface area contributed by atoms with Gasteiger partial charge in [0.25, 0.3) is 0 Å². The quantitative estimate of drug-likeness (QED) is 0.180. The zero-order valence-corrected chi connectivity index (χ0v) is 21.4. The molecule has 0 N–H and O–H groups in total. The number of para-hydroxylation sites is 2. The Morgan fingerprint density at radius 3 is 2.06 bits per heavy atom. The molecule has 4 heteroatoms. The first-order chi connectivity index (χ1) is 16.3. The number of hydrogen-bond acceptors (Lipinski definition) is 3. The van der Waals surface area contributed by atoms with Crippen LogP contribution in [-0.4, -0.2) is 6.10 Å². The van der Waals surface area contributed by atoms with Crippen LogP contribution < -0.4 is 9.05 Å². The van der Waals surface area contributed by atoms with E-state index in [0.29, 0.717) is 0 Å². The van der Waals surface area contributed by atoms with Crippen LogP contribution in [0.25, 0.3) is 0 Å². The maximum absolute atomic E-state index is 6.41. The summed E-state index contributed by atoms with van der Waals surface area (Å²) in [5.74, 6) is 1.71. The van der Waals surface area contributed by atoms with Gasteiger partial charge in [0, 0.05) is 0 Å². The van der Waals surface area contributed by atoms with Gasteiger partial charge in [-0.25, -0.2) is 0 Å². The Bertz CT molecular complexity index is 746. The second kappa shape index (κ2) is 16.1. The zero-order chi connectivity index (χ0) is 23.0. The Kier molecular flexibility index (Phi) is 12.7. The predicted octanol–water partition coefficient (Wildman–Crippen LogP) is 9.79. The number of rotatable bonds is 16. The standard InChI is InChI=1S/C29H43O3P/c1-2-3-4-5-6-7-8-9-12-19-26-20-17-18-25-29(26)32-33(30-27-21-13-10-14-22-27)31-28-23-15-11-16-24-28/h10,13-14,17-18,20-22,25,28H,2-9,11-12,15-16,19,23-24H2,1H3. The fourth-order valence-corrected chi connectivity index (χ4v) is 5.64. The molecule has 1 aliphatic carbocycles. The van der Waals surface area contributed by atoms with Crippen LogP contribution in [0.1, 0.15) is 102 Å². The first-order valence-electron chi connectivity index (χ1n) is 13.3. The van der Waals surface area contributed by atoms with Gasteiger partial charge in [-0.3, -0.25) is 4.52 Å². The van der Waals surface area contributed by atoms with Crippen molar-refractivity contribution in [2.75, 3.05) is 0 Å². The molecule has 0 spiro atoms. The molecule has 2 aromatic carbocycles. The third-order valence-electron chi connectivity index (χ3n) is 6.41. The molecular formula is C29H43O3P. The first-order valence-corrected chi connectivity index (χ1v) is 14.4. The van der Waals surface area contributed by atoms with Gasteiger partial charge in [-0.1, -0.05) is 114 Å². The Morgan fingerprint density at radius 1 is 0.697 bits per heavy atom. The molecule has 0 aliphatic heterocycles. The maximum Gasteiger partial charge on any atom is 0.463 e. The van der Waals surface area contributed by atoms with Gasteiger partial charge in [0.15, 0.2) is 0 Å². The van der Waals surface area contributed by atoms with Gasteiger partial charge < -0.3 is 9.05 Å². The molecule has 0 radical (unpaired) electrons. The Labute approximate surface area is 203 Å². The van der Waals surface area contributed by atoms with Crippen LogP contribution in [0.4, 0.5) is 0 Å². The third-order valence-corrected chi connectivity index (χ3v) is 7.58. The summed E-state index contributed by atoms with van der Waals surface area (Å²) >= 11 is 0. The van der Waals surface area contributed by atoms with E-state index in [9.17, 15) is 0 Å². The van der Waals surface area contributed by atoms with Crippen molar-refractivity contribution in [3.8, 4) is 11.5 Å². The minimum absolute atomic E-state index is 0.234. The highest BCUT2D eigenvalue weighted by Gasteiger charge is 2.25. The van der Waals surface area contributed by atoms with E-state index in [4.69, 9.17) is 13.6 Å². The molecule has 0 aromatic heterocycles. The van der Waals surface area contributed by atoms with E-state index in [-0.39, 0.29) is 6.10 Å². The number of hydrogen-bond donors (Lipinski definition) is 0. The van der Waals surface area contributed by atoms with Gasteiger partial charge in [0.05, 0.1) is 6.10 Å². The summed E-state index contributed by atoms with van der Waals surface area (Å²) in [6, 6.07) is 18.3. The minimum Gasteiger partial charge on any atom is -0.418 e. The van der Waals surface area contributed by atoms with Gasteiger partial charge >= 0.3 is 8.60 Å². The second-order valence-electron chi connectivity index (χ2n) is 9.27. The fourth-order valence-electron chi connectivity index (χ4n) is 4.43. The lowest BCUT2D eigenvalue weighted by molar-refractivity contribution is 0.138. The normalized spacial score (nSPS) is 15.3. The molecular weight excluding hydrogens is 427 g/mol. The minimum atomic E-state index is -1.48. The summed E-state index contributed by atoms with van der Waals surface area (Å²) < 4.78 is 19.0. The predicted molar refractivity (Wildman–Crippen MR) is 140 cm³/mol. The first kappa shape index (κ1) is 26.0. The van der Waals surface area contributed by atoms with E-state index in [1.165, 1.54) is 82.6 Å². The molecule has 2 aromatic rings. The average Bonchev–Trinajstić information content (AvgIpc) is 2.85. The van der Waals surface area contributed by atoms with Gasteiger partial charge in [-0.15, -0.1) is 0 Å². The Hall–Kier alpha value is -1.57. The number of unbranched alkanes of at least 4 members (excludes halogenated alkanes) is 8. The molecule has 1 saturated carbocycles. The van der Waals surface area contributed by atoms with Gasteiger partial charge in [0.1, 0.15) is 11.5 Å². The molecule has 0 amide bonds. The van der Waals surface area contributed by atoms with E-state index in [1.54, 1.807) is 0 Å². The van der Waals surface area contributed by atoms with E-state index >= 15 is 0 Å². The van der Waals surface area contributed by atoms with Crippen molar-refractivity contribution in [2.45, 2.75) is 109 Å². The van der Waals surface area contributed by atoms with Crippen molar-refractivity contribution in [1.82, 2.24) is 0 Å². The van der Waals surface area contributed by atoms with Crippen molar-refractivity contribution in [3.63, 3.8) is 0 Å². The fraction of sp³-hybridized carbons (Fsp3) is 0.586. The third kappa shape index (κ3) is 10.5. The molecule has 182 valence electrons. The molecule has 0 bridgehead atoms. The molecule has 0 saturated heterocycles. The molecule has 1 aliphatic rings. The van der Waals surface area contributed by atoms with Crippen LogP contribution in [0.15, 0.2) is 54.6 Å². The van der Waals surface area contributed by atoms with E-state index < -0.39 is 8.60 Å². The van der Waals surface area contributed by atoms with Gasteiger partial charge in [-0.2, -0.15) is 0 Å². The highest BCUT2D eigenvalue weighted by molar-refractivity contribution is 7.42. The molecule has 3 rings (SSSR count). The summed E-state index contributed by atoms with van der Waals surface area (Å²) in [7, 11) is -1.48. The largest absolute Gasteiger partial charge is 0.463 e. The van der Waals surface area contributed by atoms with Crippen LogP contribution in [0.3, 0.4) is 0 Å². The smallest absolute Gasteiger partial charge is 0.418 e. The summed E-state index contributed by atoms with van der Waals surface area (Å²) in [6.45, 7) is 2.28. The molecule has 1 unspecified atom stereocenters. The zero-order valence-electron chi connectivity index (χ0n) is 20.6. The van der Waals surface area contributed by atoms with Crippen LogP contribution in [0.2, 0.25) is 0 Å². The monoisotopic (exact) mass is 470 g/mol. The van der Waals surface area contributed by atoms with E-state index in [0.717, 1.165) is 30.8 Å². The topological polar surface area (TPSA) is 27.7 Å². The summed E-state index contributed by atoms with van der Waals surface area (Å²) in [5, 5.41) is 0. The van der Waals surface area contributed by atoms with Crippen LogP contribution in [0.5, 0.6) is 11.5 Å². The number of aryl methyl sites for hydroxylation is 1. The highest BCUT2D eigenvalue weighted by atomic mass is 31.2. The molecule has 33 heavy (non-hydrogen) atoms. The Balaban J connectivity index is 1.50. The lowest BCUT2D eigenvalue weighted by Gasteiger charge is -2.26. The average molecular weight is 471 g/mol. The molecule has 1 atom stereocenters. The number of benzene rings is 2. The van der Waals surface area contributed by atoms with Crippen LogP contribution >= 0.6 is 8.60 Å². The van der Waals surface area contributed by atoms with Crippen molar-refractivity contribution in [3.05, 3.63) is 60.2 Å². The van der Waals surface area contributed by atoms with Crippen molar-refractivity contribution in [1.29, 1.82) is 0 Å². The molecule has 0 heterocycles. The highest BCUT2D eigenvalue weighted by Crippen LogP contribution is 2.45. The van der Waals surface area contributed by atoms with Crippen LogP contribution in [0, 0.1) is 0 Å².